The third-order valence-corrected chi connectivity index (χ3v) is 5.26. The Morgan fingerprint density at radius 2 is 2.25 bits per heavy atom. The Morgan fingerprint density at radius 3 is 2.75 bits per heavy atom. The van der Waals surface area contributed by atoms with Crippen LogP contribution in [0.1, 0.15) is 18.7 Å². The van der Waals surface area contributed by atoms with E-state index in [9.17, 15) is 8.42 Å². The van der Waals surface area contributed by atoms with Gasteiger partial charge in [-0.25, -0.2) is 19.0 Å². The van der Waals surface area contributed by atoms with Gasteiger partial charge in [0.05, 0.1) is 6.61 Å². The second kappa shape index (κ2) is 5.74. The number of aryl methyl sites for hydroxylation is 1. The van der Waals surface area contributed by atoms with Gasteiger partial charge in [-0.3, -0.25) is 0 Å². The maximum Gasteiger partial charge on any atom is 0.250 e. The summed E-state index contributed by atoms with van der Waals surface area (Å²) in [7, 11) is -3.44. The van der Waals surface area contributed by atoms with E-state index in [2.05, 4.69) is 9.56 Å². The summed E-state index contributed by atoms with van der Waals surface area (Å²) in [5.74, 6) is 4.88. The lowest BCUT2D eigenvalue weighted by Crippen LogP contribution is -2.36. The zero-order chi connectivity index (χ0) is 12.2. The van der Waals surface area contributed by atoms with Crippen LogP contribution in [0.3, 0.4) is 0 Å². The average Bonchev–Trinajstić information content (AvgIpc) is 2.65. The van der Waals surface area contributed by atoms with Gasteiger partial charge in [-0.2, -0.15) is 0 Å². The normalized spacial score (nSPS) is 13.9. The first-order valence-electron chi connectivity index (χ1n) is 4.92. The maximum absolute atomic E-state index is 11.8. The molecular formula is C9H16N2O3S2. The van der Waals surface area contributed by atoms with Gasteiger partial charge in [-0.15, -0.1) is 11.3 Å². The molecule has 0 aliphatic rings. The zero-order valence-corrected chi connectivity index (χ0v) is 10.9. The van der Waals surface area contributed by atoms with Crippen molar-refractivity contribution in [1.82, 2.24) is 4.72 Å². The number of rotatable bonds is 6. The molecule has 0 spiro atoms. The van der Waals surface area contributed by atoms with E-state index >= 15 is 0 Å². The second-order valence-electron chi connectivity index (χ2n) is 3.43. The largest absolute Gasteiger partial charge is 0.303 e. The quantitative estimate of drug-likeness (QED) is 0.747. The summed E-state index contributed by atoms with van der Waals surface area (Å²) in [6.45, 7) is 3.82. The first-order chi connectivity index (χ1) is 7.49. The Morgan fingerprint density at radius 1 is 1.56 bits per heavy atom. The molecule has 1 atom stereocenters. The molecule has 3 N–H and O–H groups in total. The molecule has 5 nitrogen and oxygen atoms in total. The van der Waals surface area contributed by atoms with Crippen LogP contribution < -0.4 is 10.6 Å². The maximum atomic E-state index is 11.8. The summed E-state index contributed by atoms with van der Waals surface area (Å²) in [5.41, 5.74) is 0. The molecule has 0 saturated heterocycles. The number of nitrogens with one attached hydrogen (secondary N) is 1. The molecule has 0 bridgehead atoms. The van der Waals surface area contributed by atoms with Gasteiger partial charge in [0.15, 0.2) is 0 Å². The van der Waals surface area contributed by atoms with Gasteiger partial charge in [0, 0.05) is 10.9 Å². The van der Waals surface area contributed by atoms with Crippen LogP contribution in [0.5, 0.6) is 0 Å². The Labute approximate surface area is 99.6 Å². The minimum Gasteiger partial charge on any atom is -0.303 e. The van der Waals surface area contributed by atoms with Crippen LogP contribution in [-0.2, 0) is 21.3 Å². The number of nitrogens with two attached hydrogens (primary N) is 1. The van der Waals surface area contributed by atoms with Gasteiger partial charge in [0.25, 0.3) is 0 Å². The van der Waals surface area contributed by atoms with Crippen LogP contribution in [0.15, 0.2) is 16.3 Å². The predicted molar refractivity (Wildman–Crippen MR) is 63.6 cm³/mol. The highest BCUT2D eigenvalue weighted by Gasteiger charge is 2.19. The lowest BCUT2D eigenvalue weighted by molar-refractivity contribution is 0.124. The van der Waals surface area contributed by atoms with E-state index in [-0.39, 0.29) is 12.6 Å². The smallest absolute Gasteiger partial charge is 0.250 e. The lowest BCUT2D eigenvalue weighted by Gasteiger charge is -2.11. The topological polar surface area (TPSA) is 81.4 Å². The van der Waals surface area contributed by atoms with E-state index in [1.807, 2.05) is 13.0 Å². The highest BCUT2D eigenvalue weighted by Crippen LogP contribution is 2.21. The second-order valence-corrected chi connectivity index (χ2v) is 6.54. The molecule has 0 aromatic carbocycles. The molecule has 0 aliphatic heterocycles. The number of sulfonamides is 1. The average molecular weight is 264 g/mol. The molecule has 0 amide bonds. The van der Waals surface area contributed by atoms with Crippen LogP contribution in [0, 0.1) is 0 Å². The van der Waals surface area contributed by atoms with E-state index in [0.29, 0.717) is 4.21 Å². The Hall–Kier alpha value is -0.470. The SMILES string of the molecule is CCc1ccc(S(=O)(=O)NC(C)CON)s1. The molecule has 0 aliphatic carbocycles. The Balaban J connectivity index is 2.77. The summed E-state index contributed by atoms with van der Waals surface area (Å²) in [6, 6.07) is 3.09. The van der Waals surface area contributed by atoms with Crippen molar-refractivity contribution in [2.45, 2.75) is 30.5 Å². The van der Waals surface area contributed by atoms with Crippen molar-refractivity contribution in [3.05, 3.63) is 17.0 Å². The number of hydrogen-bond acceptors (Lipinski definition) is 5. The summed E-state index contributed by atoms with van der Waals surface area (Å²) in [5, 5.41) is 0. The molecule has 1 aromatic rings. The molecule has 0 radical (unpaired) electrons. The van der Waals surface area contributed by atoms with E-state index in [0.717, 1.165) is 11.3 Å². The minimum absolute atomic E-state index is 0.144. The molecule has 0 fully saturated rings. The van der Waals surface area contributed by atoms with Gasteiger partial charge in [0.1, 0.15) is 4.21 Å². The molecule has 7 heteroatoms. The molecule has 16 heavy (non-hydrogen) atoms. The molecule has 1 heterocycles. The number of hydrogen-bond donors (Lipinski definition) is 2. The van der Waals surface area contributed by atoms with Gasteiger partial charge >= 0.3 is 0 Å². The summed E-state index contributed by atoms with van der Waals surface area (Å²) in [6.07, 6.45) is 0.835. The van der Waals surface area contributed by atoms with Crippen molar-refractivity contribution < 1.29 is 13.3 Å². The van der Waals surface area contributed by atoms with Crippen molar-refractivity contribution in [2.24, 2.45) is 5.90 Å². The molecule has 1 aromatic heterocycles. The van der Waals surface area contributed by atoms with Crippen LogP contribution in [0.2, 0.25) is 0 Å². The van der Waals surface area contributed by atoms with Crippen molar-refractivity contribution in [3.63, 3.8) is 0 Å². The van der Waals surface area contributed by atoms with Gasteiger partial charge < -0.3 is 4.84 Å². The standard InChI is InChI=1S/C9H16N2O3S2/c1-3-8-4-5-9(15-8)16(12,13)11-7(2)6-14-10/h4-5,7,11H,3,6,10H2,1-2H3. The van der Waals surface area contributed by atoms with E-state index in [4.69, 9.17) is 5.90 Å². The van der Waals surface area contributed by atoms with Crippen molar-refractivity contribution in [1.29, 1.82) is 0 Å². The van der Waals surface area contributed by atoms with Crippen LogP contribution in [-0.4, -0.2) is 21.1 Å². The van der Waals surface area contributed by atoms with Crippen molar-refractivity contribution >= 4 is 21.4 Å². The monoisotopic (exact) mass is 264 g/mol. The van der Waals surface area contributed by atoms with E-state index in [1.54, 1.807) is 13.0 Å². The third kappa shape index (κ3) is 3.53. The van der Waals surface area contributed by atoms with Gasteiger partial charge in [-0.1, -0.05) is 6.92 Å². The highest BCUT2D eigenvalue weighted by atomic mass is 32.2. The Kier molecular flexibility index (Phi) is 4.88. The first kappa shape index (κ1) is 13.6. The molecule has 1 rings (SSSR count). The Bertz CT molecular complexity index is 428. The fraction of sp³-hybridized carbons (Fsp3) is 0.556. The van der Waals surface area contributed by atoms with Crippen molar-refractivity contribution in [2.75, 3.05) is 6.61 Å². The lowest BCUT2D eigenvalue weighted by atomic mass is 10.4. The van der Waals surface area contributed by atoms with E-state index in [1.165, 1.54) is 11.3 Å². The molecule has 1 unspecified atom stereocenters. The molecule has 92 valence electrons. The first-order valence-corrected chi connectivity index (χ1v) is 7.22. The van der Waals surface area contributed by atoms with E-state index < -0.39 is 10.0 Å². The fourth-order valence-electron chi connectivity index (χ4n) is 1.19. The fourth-order valence-corrected chi connectivity index (χ4v) is 3.73. The third-order valence-electron chi connectivity index (χ3n) is 1.95. The summed E-state index contributed by atoms with van der Waals surface area (Å²) < 4.78 is 26.5. The van der Waals surface area contributed by atoms with Crippen molar-refractivity contribution in [3.8, 4) is 0 Å². The van der Waals surface area contributed by atoms with Crippen LogP contribution in [0.4, 0.5) is 0 Å². The molecular weight excluding hydrogens is 248 g/mol. The summed E-state index contributed by atoms with van der Waals surface area (Å²) >= 11 is 1.28. The van der Waals surface area contributed by atoms with Crippen LogP contribution in [0.25, 0.3) is 0 Å². The highest BCUT2D eigenvalue weighted by molar-refractivity contribution is 7.91. The predicted octanol–water partition coefficient (Wildman–Crippen LogP) is 0.868. The van der Waals surface area contributed by atoms with Crippen LogP contribution >= 0.6 is 11.3 Å². The number of thiophene rings is 1. The molecule has 0 saturated carbocycles. The van der Waals surface area contributed by atoms with Gasteiger partial charge in [-0.05, 0) is 25.5 Å². The van der Waals surface area contributed by atoms with Gasteiger partial charge in [0.2, 0.25) is 10.0 Å². The zero-order valence-electron chi connectivity index (χ0n) is 9.26. The minimum atomic E-state index is -3.44. The summed E-state index contributed by atoms with van der Waals surface area (Å²) in [4.78, 5) is 5.43.